The molecule has 1 amide bonds. The molecular weight excluding hydrogens is 182 g/mol. The molecule has 0 aliphatic carbocycles. The van der Waals surface area contributed by atoms with Gasteiger partial charge in [0.15, 0.2) is 3.95 Å². The van der Waals surface area contributed by atoms with Crippen LogP contribution in [-0.2, 0) is 4.79 Å². The Morgan fingerprint density at radius 2 is 2.64 bits per heavy atom. The number of carbonyl (C=O) groups is 1. The van der Waals surface area contributed by atoms with Gasteiger partial charge in [-0.05, 0) is 18.3 Å². The summed E-state index contributed by atoms with van der Waals surface area (Å²) in [6.07, 6.45) is 1.17. The van der Waals surface area contributed by atoms with Crippen LogP contribution in [0.1, 0.15) is 0 Å². The largest absolute Gasteiger partial charge is 0.297 e. The second kappa shape index (κ2) is 3.40. The molecular formula is C5H5N3OS2. The molecule has 4 nitrogen and oxygen atoms in total. The van der Waals surface area contributed by atoms with Crippen LogP contribution < -0.4 is 5.32 Å². The van der Waals surface area contributed by atoms with Crippen molar-refractivity contribution in [3.8, 4) is 0 Å². The minimum absolute atomic E-state index is 0.289. The second-order valence-electron chi connectivity index (χ2n) is 1.61. The Kier molecular flexibility index (Phi) is 2.50. The molecule has 0 radical (unpaired) electrons. The Labute approximate surface area is 72.0 Å². The highest BCUT2D eigenvalue weighted by molar-refractivity contribution is 7.73. The molecule has 58 valence electrons. The molecule has 0 aliphatic heterocycles. The summed E-state index contributed by atoms with van der Waals surface area (Å²) < 4.78 is 0.532. The summed E-state index contributed by atoms with van der Waals surface area (Å²) in [5.74, 6) is -0.289. The Morgan fingerprint density at radius 1 is 1.91 bits per heavy atom. The molecule has 0 saturated carbocycles. The molecule has 0 atom stereocenters. The number of anilines is 1. The van der Waals surface area contributed by atoms with Crippen LogP contribution in [0.15, 0.2) is 12.7 Å². The molecule has 1 heterocycles. The number of carbonyl (C=O) groups excluding carboxylic acids is 1. The van der Waals surface area contributed by atoms with Crippen molar-refractivity contribution in [1.29, 1.82) is 0 Å². The van der Waals surface area contributed by atoms with Crippen LogP contribution in [0.5, 0.6) is 0 Å². The third-order valence-electron chi connectivity index (χ3n) is 0.854. The zero-order valence-corrected chi connectivity index (χ0v) is 7.09. The van der Waals surface area contributed by atoms with Crippen LogP contribution in [0.2, 0.25) is 0 Å². The van der Waals surface area contributed by atoms with Gasteiger partial charge in [0.05, 0.1) is 0 Å². The molecule has 11 heavy (non-hydrogen) atoms. The van der Waals surface area contributed by atoms with Crippen molar-refractivity contribution in [2.45, 2.75) is 0 Å². The van der Waals surface area contributed by atoms with Gasteiger partial charge in [0.25, 0.3) is 0 Å². The lowest BCUT2D eigenvalue weighted by molar-refractivity contribution is -0.111. The van der Waals surface area contributed by atoms with Gasteiger partial charge in [-0.1, -0.05) is 17.9 Å². The van der Waals surface area contributed by atoms with Crippen LogP contribution in [0, 0.1) is 3.95 Å². The van der Waals surface area contributed by atoms with E-state index >= 15 is 0 Å². The van der Waals surface area contributed by atoms with E-state index in [0.29, 0.717) is 9.09 Å². The highest BCUT2D eigenvalue weighted by Crippen LogP contribution is 2.09. The topological polar surface area (TPSA) is 57.8 Å². The van der Waals surface area contributed by atoms with Gasteiger partial charge in [-0.25, -0.2) is 0 Å². The fourth-order valence-corrected chi connectivity index (χ4v) is 1.23. The maximum atomic E-state index is 10.7. The standard InChI is InChI=1S/C5H5N3OS2/c1-2-3(9)6-4-7-8-5(10)11-4/h2H,1H2,(H,8,10)(H,6,7,9). The van der Waals surface area contributed by atoms with E-state index in [2.05, 4.69) is 22.1 Å². The smallest absolute Gasteiger partial charge is 0.249 e. The van der Waals surface area contributed by atoms with Gasteiger partial charge in [-0.3, -0.25) is 15.2 Å². The fourth-order valence-electron chi connectivity index (χ4n) is 0.440. The van der Waals surface area contributed by atoms with Crippen molar-refractivity contribution in [3.05, 3.63) is 16.6 Å². The van der Waals surface area contributed by atoms with Crippen molar-refractivity contribution in [2.75, 3.05) is 5.32 Å². The van der Waals surface area contributed by atoms with Crippen molar-refractivity contribution < 1.29 is 4.79 Å². The van der Waals surface area contributed by atoms with Crippen LogP contribution >= 0.6 is 23.6 Å². The van der Waals surface area contributed by atoms with Gasteiger partial charge < -0.3 is 0 Å². The number of aromatic amines is 1. The predicted molar refractivity (Wildman–Crippen MR) is 46.1 cm³/mol. The summed E-state index contributed by atoms with van der Waals surface area (Å²) in [5, 5.41) is 9.17. The summed E-state index contributed by atoms with van der Waals surface area (Å²) in [7, 11) is 0. The summed E-state index contributed by atoms with van der Waals surface area (Å²) in [6, 6.07) is 0. The van der Waals surface area contributed by atoms with E-state index in [0.717, 1.165) is 0 Å². The molecule has 0 spiro atoms. The summed E-state index contributed by atoms with van der Waals surface area (Å²) in [5.41, 5.74) is 0. The predicted octanol–water partition coefficient (Wildman–Crippen LogP) is 1.33. The van der Waals surface area contributed by atoms with Crippen molar-refractivity contribution in [1.82, 2.24) is 10.2 Å². The zero-order valence-electron chi connectivity index (χ0n) is 5.46. The SMILES string of the molecule is C=CC(=O)Nc1n[nH]c(=S)s1. The Bertz CT molecular complexity index is 326. The number of nitrogens with zero attached hydrogens (tertiary/aromatic N) is 1. The van der Waals surface area contributed by atoms with Crippen molar-refractivity contribution in [3.63, 3.8) is 0 Å². The number of amides is 1. The van der Waals surface area contributed by atoms with Gasteiger partial charge in [-0.15, -0.1) is 5.10 Å². The molecule has 0 aromatic carbocycles. The summed E-state index contributed by atoms with van der Waals surface area (Å²) in [6.45, 7) is 3.29. The Hall–Kier alpha value is -1.01. The fraction of sp³-hybridized carbons (Fsp3) is 0. The number of rotatable bonds is 2. The van der Waals surface area contributed by atoms with E-state index in [-0.39, 0.29) is 5.91 Å². The van der Waals surface area contributed by atoms with Gasteiger partial charge in [0, 0.05) is 0 Å². The number of hydrogen-bond donors (Lipinski definition) is 2. The minimum atomic E-state index is -0.289. The maximum absolute atomic E-state index is 10.7. The molecule has 1 rings (SSSR count). The van der Waals surface area contributed by atoms with Gasteiger partial charge >= 0.3 is 0 Å². The van der Waals surface area contributed by atoms with Gasteiger partial charge in [0.2, 0.25) is 11.0 Å². The van der Waals surface area contributed by atoms with Crippen molar-refractivity contribution in [2.24, 2.45) is 0 Å². The lowest BCUT2D eigenvalue weighted by atomic mass is 10.6. The average molecular weight is 187 g/mol. The quantitative estimate of drug-likeness (QED) is 0.542. The van der Waals surface area contributed by atoms with Crippen LogP contribution in [0.3, 0.4) is 0 Å². The molecule has 0 fully saturated rings. The van der Waals surface area contributed by atoms with E-state index in [1.807, 2.05) is 0 Å². The number of H-pyrrole nitrogens is 1. The third-order valence-corrected chi connectivity index (χ3v) is 1.86. The number of hydrogen-bond acceptors (Lipinski definition) is 4. The molecule has 2 N–H and O–H groups in total. The summed E-state index contributed by atoms with van der Waals surface area (Å²) >= 11 is 5.95. The maximum Gasteiger partial charge on any atom is 0.249 e. The first-order valence-corrected chi connectivity index (χ1v) is 3.94. The van der Waals surface area contributed by atoms with Crippen LogP contribution in [0.4, 0.5) is 5.13 Å². The van der Waals surface area contributed by atoms with E-state index in [1.54, 1.807) is 0 Å². The van der Waals surface area contributed by atoms with E-state index in [9.17, 15) is 4.79 Å². The monoisotopic (exact) mass is 187 g/mol. The van der Waals surface area contributed by atoms with Crippen molar-refractivity contribution >= 4 is 34.6 Å². The molecule has 0 aliphatic rings. The first-order valence-electron chi connectivity index (χ1n) is 2.71. The van der Waals surface area contributed by atoms with E-state index in [4.69, 9.17) is 12.2 Å². The second-order valence-corrected chi connectivity index (χ2v) is 3.28. The lowest BCUT2D eigenvalue weighted by Crippen LogP contribution is -2.06. The van der Waals surface area contributed by atoms with Crippen LogP contribution in [-0.4, -0.2) is 16.1 Å². The molecule has 0 saturated heterocycles. The van der Waals surface area contributed by atoms with Gasteiger partial charge in [-0.2, -0.15) is 0 Å². The molecule has 1 aromatic rings. The Balaban J connectivity index is 2.72. The van der Waals surface area contributed by atoms with E-state index < -0.39 is 0 Å². The minimum Gasteiger partial charge on any atom is -0.297 e. The Morgan fingerprint density at radius 3 is 3.09 bits per heavy atom. The normalized spacial score (nSPS) is 9.09. The first-order chi connectivity index (χ1) is 5.22. The average Bonchev–Trinajstić information content (AvgIpc) is 2.35. The zero-order chi connectivity index (χ0) is 8.27. The van der Waals surface area contributed by atoms with Crippen LogP contribution in [0.25, 0.3) is 0 Å². The summed E-state index contributed by atoms with van der Waals surface area (Å²) in [4.78, 5) is 10.7. The molecule has 1 aromatic heterocycles. The highest BCUT2D eigenvalue weighted by Gasteiger charge is 1.98. The highest BCUT2D eigenvalue weighted by atomic mass is 32.1. The molecule has 0 unspecified atom stereocenters. The third kappa shape index (κ3) is 2.24. The molecule has 0 bridgehead atoms. The van der Waals surface area contributed by atoms with Gasteiger partial charge in [0.1, 0.15) is 0 Å². The number of aromatic nitrogens is 2. The molecule has 6 heteroatoms. The number of nitrogens with one attached hydrogen (secondary N) is 2. The first kappa shape index (κ1) is 8.09. The lowest BCUT2D eigenvalue weighted by Gasteiger charge is -1.91. The van der Waals surface area contributed by atoms with E-state index in [1.165, 1.54) is 17.4 Å².